The predicted octanol–water partition coefficient (Wildman–Crippen LogP) is 3.64. The summed E-state index contributed by atoms with van der Waals surface area (Å²) in [7, 11) is 0. The summed E-state index contributed by atoms with van der Waals surface area (Å²) in [6.45, 7) is 0. The molecule has 2 aliphatic rings. The van der Waals surface area contributed by atoms with E-state index in [1.54, 1.807) is 12.4 Å². The number of halogens is 1. The molecular weight excluding hydrogens is 642 g/mol. The molecule has 2 atom stereocenters. The number of hydrogen-bond donors (Lipinski definition) is 4. The number of aromatic nitrogens is 3. The first kappa shape index (κ1) is 30.4. The Labute approximate surface area is 267 Å². The first-order valence-corrected chi connectivity index (χ1v) is 16.2. The molecule has 1 saturated heterocycles. The van der Waals surface area contributed by atoms with E-state index in [4.69, 9.17) is 10.5 Å². The molecule has 2 aromatic heterocycles. The Morgan fingerprint density at radius 2 is 1.89 bits per heavy atom. The summed E-state index contributed by atoms with van der Waals surface area (Å²) in [5.41, 5.74) is 6.72. The van der Waals surface area contributed by atoms with Crippen LogP contribution in [0.5, 0.6) is 0 Å². The molecule has 0 spiro atoms. The van der Waals surface area contributed by atoms with Crippen molar-refractivity contribution in [2.24, 2.45) is 5.16 Å². The third kappa shape index (κ3) is 6.16. The van der Waals surface area contributed by atoms with Gasteiger partial charge in [-0.1, -0.05) is 77.2 Å². The van der Waals surface area contributed by atoms with Crippen molar-refractivity contribution in [1.82, 2.24) is 25.4 Å². The van der Waals surface area contributed by atoms with Crippen LogP contribution in [0.4, 0.5) is 9.52 Å². The van der Waals surface area contributed by atoms with E-state index in [0.717, 1.165) is 16.7 Å². The van der Waals surface area contributed by atoms with E-state index in [1.807, 2.05) is 60.7 Å². The van der Waals surface area contributed by atoms with Crippen molar-refractivity contribution in [2.75, 3.05) is 11.5 Å². The molecule has 2 aromatic carbocycles. The lowest BCUT2D eigenvalue weighted by Gasteiger charge is -2.49. The van der Waals surface area contributed by atoms with Crippen molar-refractivity contribution in [1.29, 1.82) is 0 Å². The number of thiazole rings is 1. The van der Waals surface area contributed by atoms with Gasteiger partial charge in [-0.05, 0) is 11.1 Å². The van der Waals surface area contributed by atoms with Gasteiger partial charge in [-0.3, -0.25) is 19.6 Å². The number of β-lactam (4-membered cyclic amide) rings is 1. The lowest BCUT2D eigenvalue weighted by molar-refractivity contribution is -0.154. The number of anilines is 1. The van der Waals surface area contributed by atoms with Gasteiger partial charge in [-0.2, -0.15) is 9.49 Å². The number of carbonyl (C=O) groups is 3. The topological polar surface area (TPSA) is 176 Å². The van der Waals surface area contributed by atoms with E-state index in [0.29, 0.717) is 27.7 Å². The minimum Gasteiger partial charge on any atom is -0.448 e. The number of H-pyrrole nitrogens is 1. The summed E-state index contributed by atoms with van der Waals surface area (Å²) in [5, 5.41) is 19.8. The maximum absolute atomic E-state index is 14.3. The van der Waals surface area contributed by atoms with Crippen LogP contribution in [0.1, 0.15) is 28.5 Å². The summed E-state index contributed by atoms with van der Waals surface area (Å²) >= 11 is 3.20. The molecule has 4 aromatic rings. The number of oxime groups is 1. The molecule has 0 aliphatic carbocycles. The van der Waals surface area contributed by atoms with Gasteiger partial charge in [0.25, 0.3) is 11.8 Å². The zero-order valence-electron chi connectivity index (χ0n) is 23.1. The number of fused-ring (bicyclic) bond motifs is 1. The van der Waals surface area contributed by atoms with Gasteiger partial charge in [0.15, 0.2) is 16.9 Å². The zero-order valence-corrected chi connectivity index (χ0v) is 25.6. The highest BCUT2D eigenvalue weighted by Gasteiger charge is 2.55. The number of carbonyl (C=O) groups excluding carboxylic acids is 3. The zero-order chi connectivity index (χ0) is 31.5. The average molecular weight is 666 g/mol. The minimum atomic E-state index is -1.10. The molecule has 2 amide bonds. The Balaban J connectivity index is 1.28. The third-order valence-electron chi connectivity index (χ3n) is 6.95. The minimum absolute atomic E-state index is 0.0778. The molecule has 0 unspecified atom stereocenters. The van der Waals surface area contributed by atoms with Crippen LogP contribution in [0.2, 0.25) is 0 Å². The number of aromatic amines is 1. The number of nitrogens with two attached hydrogens (primary N) is 1. The SMILES string of the molecule is Nc1nc(/C(=N/O)C(=O)N[C@@H]2C(=O)N3C(C(=O)OC(c4ccccc4)c4ccccc4)=C(SCc4cn[nH]c4)CS[C@@H]23)c(F)s1. The lowest BCUT2D eigenvalue weighted by atomic mass is 10.0. The van der Waals surface area contributed by atoms with Crippen LogP contribution < -0.4 is 11.1 Å². The van der Waals surface area contributed by atoms with Crippen LogP contribution in [0.25, 0.3) is 0 Å². The number of thioether (sulfide) groups is 2. The molecule has 4 heterocycles. The van der Waals surface area contributed by atoms with Crippen molar-refractivity contribution in [2.45, 2.75) is 23.3 Å². The van der Waals surface area contributed by atoms with Crippen molar-refractivity contribution >= 4 is 63.5 Å². The number of amides is 2. The Bertz CT molecular complexity index is 1740. The Morgan fingerprint density at radius 1 is 1.20 bits per heavy atom. The molecule has 45 heavy (non-hydrogen) atoms. The summed E-state index contributed by atoms with van der Waals surface area (Å²) in [6, 6.07) is 17.4. The second kappa shape index (κ2) is 13.1. The smallest absolute Gasteiger partial charge is 0.356 e. The number of esters is 1. The molecule has 12 nitrogen and oxygen atoms in total. The molecule has 0 radical (unpaired) electrons. The molecule has 6 rings (SSSR count). The van der Waals surface area contributed by atoms with Gasteiger partial charge < -0.3 is 21.0 Å². The molecule has 230 valence electrons. The van der Waals surface area contributed by atoms with Crippen molar-refractivity contribution in [3.05, 3.63) is 111 Å². The normalized spacial score (nSPS) is 18.0. The van der Waals surface area contributed by atoms with E-state index in [-0.39, 0.29) is 10.8 Å². The fourth-order valence-corrected chi connectivity index (χ4v) is 7.95. The van der Waals surface area contributed by atoms with Gasteiger partial charge in [0.2, 0.25) is 5.13 Å². The van der Waals surface area contributed by atoms with E-state index in [9.17, 15) is 24.0 Å². The second-order valence-electron chi connectivity index (χ2n) is 9.76. The van der Waals surface area contributed by atoms with Crippen LogP contribution >= 0.6 is 34.9 Å². The van der Waals surface area contributed by atoms with Crippen molar-refractivity contribution in [3.63, 3.8) is 0 Å². The Kier molecular flexibility index (Phi) is 8.86. The van der Waals surface area contributed by atoms with Gasteiger partial charge >= 0.3 is 5.97 Å². The molecule has 5 N–H and O–H groups in total. The summed E-state index contributed by atoms with van der Waals surface area (Å²) in [4.78, 5) is 46.3. The number of hydrogen-bond acceptors (Lipinski definition) is 12. The maximum atomic E-state index is 14.3. The summed E-state index contributed by atoms with van der Waals surface area (Å²) < 4.78 is 20.4. The number of rotatable bonds is 10. The van der Waals surface area contributed by atoms with Crippen molar-refractivity contribution in [3.8, 4) is 0 Å². The second-order valence-corrected chi connectivity index (χ2v) is 12.9. The highest BCUT2D eigenvalue weighted by molar-refractivity contribution is 8.05. The summed E-state index contributed by atoms with van der Waals surface area (Å²) in [6.07, 6.45) is 2.66. The van der Waals surface area contributed by atoms with Gasteiger partial charge in [0.1, 0.15) is 22.8 Å². The molecule has 1 fully saturated rings. The Hall–Kier alpha value is -4.67. The van der Waals surface area contributed by atoms with E-state index >= 15 is 0 Å². The first-order chi connectivity index (χ1) is 21.9. The van der Waals surface area contributed by atoms with Crippen LogP contribution in [0.3, 0.4) is 0 Å². The molecule has 16 heteroatoms. The monoisotopic (exact) mass is 665 g/mol. The lowest BCUT2D eigenvalue weighted by Crippen LogP contribution is -2.71. The number of ether oxygens (including phenoxy) is 1. The van der Waals surface area contributed by atoms with Crippen molar-refractivity contribution < 1.29 is 28.7 Å². The van der Waals surface area contributed by atoms with Crippen LogP contribution in [0.15, 0.2) is 88.8 Å². The molecule has 0 saturated carbocycles. The third-order valence-corrected chi connectivity index (χ3v) is 10.3. The highest BCUT2D eigenvalue weighted by atomic mass is 32.2. The number of nitrogen functional groups attached to an aromatic ring is 1. The number of nitrogens with one attached hydrogen (secondary N) is 2. The van der Waals surface area contributed by atoms with Gasteiger partial charge in [0.05, 0.1) is 6.20 Å². The number of nitrogens with zero attached hydrogens (tertiary/aromatic N) is 4. The van der Waals surface area contributed by atoms with Gasteiger partial charge in [0, 0.05) is 28.2 Å². The molecule has 2 aliphatic heterocycles. The number of benzene rings is 2. The Morgan fingerprint density at radius 3 is 2.47 bits per heavy atom. The molecule has 0 bridgehead atoms. The van der Waals surface area contributed by atoms with Crippen LogP contribution in [-0.4, -0.2) is 66.0 Å². The van der Waals surface area contributed by atoms with Gasteiger partial charge in [-0.25, -0.2) is 9.78 Å². The average Bonchev–Trinajstić information content (AvgIpc) is 3.70. The van der Waals surface area contributed by atoms with E-state index < -0.39 is 51.8 Å². The largest absolute Gasteiger partial charge is 0.448 e. The predicted molar refractivity (Wildman–Crippen MR) is 168 cm³/mol. The highest BCUT2D eigenvalue weighted by Crippen LogP contribution is 2.45. The van der Waals surface area contributed by atoms with Crippen LogP contribution in [-0.2, 0) is 24.9 Å². The van der Waals surface area contributed by atoms with Crippen LogP contribution in [0, 0.1) is 5.13 Å². The molecular formula is C29H24FN7O5S3. The quantitative estimate of drug-likeness (QED) is 0.0643. The fourth-order valence-electron chi connectivity index (χ4n) is 4.84. The fraction of sp³-hybridized carbons (Fsp3) is 0.172. The maximum Gasteiger partial charge on any atom is 0.356 e. The van der Waals surface area contributed by atoms with Gasteiger partial charge in [-0.15, -0.1) is 23.5 Å². The summed E-state index contributed by atoms with van der Waals surface area (Å²) in [5.74, 6) is -1.49. The van der Waals surface area contributed by atoms with E-state index in [2.05, 4.69) is 25.7 Å². The first-order valence-electron chi connectivity index (χ1n) is 13.4. The van der Waals surface area contributed by atoms with E-state index in [1.165, 1.54) is 28.4 Å². The standard InChI is InChI=1S/C29H24FN7O5S3/c30-24-19(35-29(31)45-24)20(36-41)25(38)34-21-26(39)37-22(18(14-44-27(21)37)43-13-15-11-32-33-12-15)28(40)42-23(16-7-3-1-4-8-16)17-9-5-2-6-10-17/h1-12,21,23,27,41H,13-14H2,(H2,31,35)(H,32,33)(H,34,38)/b36-20-/t21-,27+/m1/s1.